The number of hydrogen-bond acceptors (Lipinski definition) is 0. The summed E-state index contributed by atoms with van der Waals surface area (Å²) in [6, 6.07) is 11.3. The first-order valence-electron chi connectivity index (χ1n) is 7.79. The van der Waals surface area contributed by atoms with E-state index in [1.54, 1.807) is 0 Å². The Morgan fingerprint density at radius 2 is 1.95 bits per heavy atom. The number of hydrogen-bond donors (Lipinski definition) is 0. The molecular weight excluding hydrogens is 320 g/mol. The van der Waals surface area contributed by atoms with E-state index in [0.717, 1.165) is 6.42 Å². The third-order valence-corrected chi connectivity index (χ3v) is 5.39. The van der Waals surface area contributed by atoms with E-state index in [9.17, 15) is 0 Å². The van der Waals surface area contributed by atoms with Crippen LogP contribution in [0, 0.1) is 6.92 Å². The standard InChI is InChI=1S/C20H21Br/c1-3-4-8-15-9-5-6-11-17(15)19-13-16-10-7-12-18(16)20(21)14(19)2/h5-7,9,11-13H,3-4,8,10H2,1-2H3. The maximum absolute atomic E-state index is 3.81. The maximum atomic E-state index is 3.81. The fourth-order valence-corrected chi connectivity index (χ4v) is 3.72. The number of allylic oxidation sites excluding steroid dienone is 1. The Labute approximate surface area is 136 Å². The zero-order chi connectivity index (χ0) is 14.8. The van der Waals surface area contributed by atoms with E-state index in [4.69, 9.17) is 0 Å². The lowest BCUT2D eigenvalue weighted by Crippen LogP contribution is -1.96. The Morgan fingerprint density at radius 1 is 1.14 bits per heavy atom. The molecule has 21 heavy (non-hydrogen) atoms. The van der Waals surface area contributed by atoms with Crippen LogP contribution in [0.3, 0.4) is 0 Å². The summed E-state index contributed by atoms with van der Waals surface area (Å²) in [5.41, 5.74) is 8.41. The average molecular weight is 341 g/mol. The van der Waals surface area contributed by atoms with Crippen LogP contribution in [0.4, 0.5) is 0 Å². The largest absolute Gasteiger partial charge is 0.0795 e. The Balaban J connectivity index is 2.12. The number of fused-ring (bicyclic) bond motifs is 1. The van der Waals surface area contributed by atoms with E-state index in [1.165, 1.54) is 57.1 Å². The van der Waals surface area contributed by atoms with E-state index in [1.807, 2.05) is 0 Å². The van der Waals surface area contributed by atoms with Crippen LogP contribution in [-0.4, -0.2) is 0 Å². The molecule has 1 aliphatic carbocycles. The lowest BCUT2D eigenvalue weighted by atomic mass is 9.91. The minimum atomic E-state index is 1.05. The highest BCUT2D eigenvalue weighted by Gasteiger charge is 2.16. The Morgan fingerprint density at radius 3 is 2.76 bits per heavy atom. The van der Waals surface area contributed by atoms with E-state index in [0.29, 0.717) is 0 Å². The molecule has 0 bridgehead atoms. The summed E-state index contributed by atoms with van der Waals surface area (Å²) < 4.78 is 1.26. The third-order valence-electron chi connectivity index (χ3n) is 4.36. The van der Waals surface area contributed by atoms with Gasteiger partial charge in [-0.3, -0.25) is 0 Å². The summed E-state index contributed by atoms with van der Waals surface area (Å²) in [6.07, 6.45) is 9.20. The fourth-order valence-electron chi connectivity index (χ4n) is 3.12. The van der Waals surface area contributed by atoms with E-state index >= 15 is 0 Å². The van der Waals surface area contributed by atoms with E-state index in [2.05, 4.69) is 72.3 Å². The normalized spacial score (nSPS) is 12.7. The molecule has 0 saturated carbocycles. The topological polar surface area (TPSA) is 0 Å². The van der Waals surface area contributed by atoms with Crippen molar-refractivity contribution >= 4 is 22.0 Å². The van der Waals surface area contributed by atoms with Crippen molar-refractivity contribution < 1.29 is 0 Å². The molecule has 0 atom stereocenters. The number of unbranched alkanes of at least 4 members (excludes halogenated alkanes) is 1. The molecule has 0 spiro atoms. The van der Waals surface area contributed by atoms with Gasteiger partial charge < -0.3 is 0 Å². The van der Waals surface area contributed by atoms with Crippen molar-refractivity contribution in [3.05, 3.63) is 63.1 Å². The molecule has 1 aliphatic rings. The van der Waals surface area contributed by atoms with Crippen molar-refractivity contribution in [2.45, 2.75) is 39.5 Å². The van der Waals surface area contributed by atoms with Crippen molar-refractivity contribution in [2.24, 2.45) is 0 Å². The van der Waals surface area contributed by atoms with Crippen molar-refractivity contribution in [2.75, 3.05) is 0 Å². The molecule has 0 N–H and O–H groups in total. The maximum Gasteiger partial charge on any atom is 0.0285 e. The molecule has 0 radical (unpaired) electrons. The molecule has 2 aromatic rings. The van der Waals surface area contributed by atoms with Gasteiger partial charge in [-0.1, -0.05) is 49.8 Å². The van der Waals surface area contributed by atoms with Crippen LogP contribution in [0.5, 0.6) is 0 Å². The zero-order valence-corrected chi connectivity index (χ0v) is 14.3. The first kappa shape index (κ1) is 14.6. The summed E-state index contributed by atoms with van der Waals surface area (Å²) in [4.78, 5) is 0. The predicted octanol–water partition coefficient (Wildman–Crippen LogP) is 6.34. The van der Waals surface area contributed by atoms with Crippen LogP contribution in [0.1, 0.15) is 42.0 Å². The van der Waals surface area contributed by atoms with Gasteiger partial charge in [-0.05, 0) is 81.6 Å². The molecule has 0 heterocycles. The molecule has 0 aliphatic heterocycles. The number of rotatable bonds is 4. The van der Waals surface area contributed by atoms with Crippen molar-refractivity contribution in [1.82, 2.24) is 0 Å². The van der Waals surface area contributed by atoms with Crippen LogP contribution in [0.25, 0.3) is 17.2 Å². The molecule has 0 aromatic heterocycles. The van der Waals surface area contributed by atoms with Crippen LogP contribution >= 0.6 is 15.9 Å². The molecule has 2 aromatic carbocycles. The first-order chi connectivity index (χ1) is 10.2. The van der Waals surface area contributed by atoms with Crippen LogP contribution in [0.2, 0.25) is 0 Å². The number of halogens is 1. The van der Waals surface area contributed by atoms with E-state index < -0.39 is 0 Å². The number of aryl methyl sites for hydroxylation is 1. The lowest BCUT2D eigenvalue weighted by Gasteiger charge is -2.16. The Bertz CT molecular complexity index is 695. The first-order valence-corrected chi connectivity index (χ1v) is 8.58. The van der Waals surface area contributed by atoms with Crippen molar-refractivity contribution in [3.8, 4) is 11.1 Å². The molecule has 0 nitrogen and oxygen atoms in total. The SMILES string of the molecule is CCCCc1ccccc1-c1cc2c(c(Br)c1C)C=CC2. The molecule has 0 amide bonds. The molecule has 0 unspecified atom stereocenters. The molecule has 108 valence electrons. The van der Waals surface area contributed by atoms with Gasteiger partial charge >= 0.3 is 0 Å². The van der Waals surface area contributed by atoms with Gasteiger partial charge in [0, 0.05) is 4.47 Å². The molecule has 0 fully saturated rings. The fraction of sp³-hybridized carbons (Fsp3) is 0.300. The van der Waals surface area contributed by atoms with Gasteiger partial charge in [0.25, 0.3) is 0 Å². The highest BCUT2D eigenvalue weighted by atomic mass is 79.9. The molecule has 3 rings (SSSR count). The van der Waals surface area contributed by atoms with Gasteiger partial charge in [0.05, 0.1) is 0 Å². The zero-order valence-electron chi connectivity index (χ0n) is 12.7. The highest BCUT2D eigenvalue weighted by Crippen LogP contribution is 2.38. The van der Waals surface area contributed by atoms with Gasteiger partial charge in [0.15, 0.2) is 0 Å². The summed E-state index contributed by atoms with van der Waals surface area (Å²) in [6.45, 7) is 4.48. The summed E-state index contributed by atoms with van der Waals surface area (Å²) in [7, 11) is 0. The van der Waals surface area contributed by atoms with Gasteiger partial charge in [-0.25, -0.2) is 0 Å². The number of benzene rings is 2. The second-order valence-corrected chi connectivity index (χ2v) is 6.60. The van der Waals surface area contributed by atoms with Crippen LogP contribution in [-0.2, 0) is 12.8 Å². The molecular formula is C20H21Br. The molecule has 1 heteroatoms. The van der Waals surface area contributed by atoms with Crippen LogP contribution in [0.15, 0.2) is 40.9 Å². The summed E-state index contributed by atoms with van der Waals surface area (Å²) in [5.74, 6) is 0. The Kier molecular flexibility index (Phi) is 4.30. The van der Waals surface area contributed by atoms with Crippen LogP contribution < -0.4 is 0 Å². The Hall–Kier alpha value is -1.34. The average Bonchev–Trinajstić information content (AvgIpc) is 2.98. The van der Waals surface area contributed by atoms with Gasteiger partial charge in [0.1, 0.15) is 0 Å². The van der Waals surface area contributed by atoms with Gasteiger partial charge in [-0.2, -0.15) is 0 Å². The highest BCUT2D eigenvalue weighted by molar-refractivity contribution is 9.10. The smallest absolute Gasteiger partial charge is 0.0285 e. The lowest BCUT2D eigenvalue weighted by molar-refractivity contribution is 0.796. The molecule has 0 saturated heterocycles. The summed E-state index contributed by atoms with van der Waals surface area (Å²) >= 11 is 3.81. The van der Waals surface area contributed by atoms with Crippen molar-refractivity contribution in [1.29, 1.82) is 0 Å². The minimum absolute atomic E-state index is 1.05. The minimum Gasteiger partial charge on any atom is -0.0795 e. The quantitative estimate of drug-likeness (QED) is 0.609. The van der Waals surface area contributed by atoms with Gasteiger partial charge in [-0.15, -0.1) is 0 Å². The third kappa shape index (κ3) is 2.72. The van der Waals surface area contributed by atoms with Gasteiger partial charge in [0.2, 0.25) is 0 Å². The second kappa shape index (κ2) is 6.19. The second-order valence-electron chi connectivity index (χ2n) is 5.80. The van der Waals surface area contributed by atoms with E-state index in [-0.39, 0.29) is 0 Å². The predicted molar refractivity (Wildman–Crippen MR) is 95.7 cm³/mol. The summed E-state index contributed by atoms with van der Waals surface area (Å²) in [5, 5.41) is 0. The monoisotopic (exact) mass is 340 g/mol. The van der Waals surface area contributed by atoms with Crippen molar-refractivity contribution in [3.63, 3.8) is 0 Å².